The molecule has 1 heterocycles. The molecule has 10 heteroatoms. The van der Waals surface area contributed by atoms with Crippen molar-refractivity contribution in [1.82, 2.24) is 0 Å². The summed E-state index contributed by atoms with van der Waals surface area (Å²) in [5.41, 5.74) is 0.210. The molecule has 0 aliphatic carbocycles. The molecule has 2 rings (SSSR count). The van der Waals surface area contributed by atoms with Gasteiger partial charge in [0.25, 0.3) is 0 Å². The number of anilines is 1. The highest BCUT2D eigenvalue weighted by molar-refractivity contribution is 8.00. The lowest BCUT2D eigenvalue weighted by Crippen LogP contribution is -2.31. The van der Waals surface area contributed by atoms with Crippen LogP contribution in [-0.2, 0) is 24.2 Å². The molecule has 1 aromatic rings. The maximum absolute atomic E-state index is 12.2. The van der Waals surface area contributed by atoms with E-state index >= 15 is 0 Å². The van der Waals surface area contributed by atoms with Crippen molar-refractivity contribution in [3.8, 4) is 11.8 Å². The van der Waals surface area contributed by atoms with Crippen molar-refractivity contribution < 1.29 is 26.4 Å². The Bertz CT molecular complexity index is 828. The maximum atomic E-state index is 12.2. The molecule has 126 valence electrons. The first-order chi connectivity index (χ1) is 11.4. The SMILES string of the molecule is CSC1CC(=O)N(c2cccc(OS(=O)(=O)O/C=C/C#N)c2)C1=O. The molecule has 2 amide bonds. The van der Waals surface area contributed by atoms with Crippen LogP contribution in [0.4, 0.5) is 5.69 Å². The van der Waals surface area contributed by atoms with Gasteiger partial charge in [0.1, 0.15) is 12.0 Å². The fraction of sp³-hybridized carbons (Fsp3) is 0.214. The van der Waals surface area contributed by atoms with E-state index in [1.165, 1.54) is 36.0 Å². The van der Waals surface area contributed by atoms with Crippen molar-refractivity contribution in [3.05, 3.63) is 36.6 Å². The molecule has 1 aromatic carbocycles. The van der Waals surface area contributed by atoms with Gasteiger partial charge in [-0.1, -0.05) is 6.07 Å². The number of hydrogen-bond acceptors (Lipinski definition) is 8. The summed E-state index contributed by atoms with van der Waals surface area (Å²) in [5.74, 6) is -0.862. The zero-order chi connectivity index (χ0) is 17.7. The van der Waals surface area contributed by atoms with E-state index in [4.69, 9.17) is 9.44 Å². The van der Waals surface area contributed by atoms with Crippen molar-refractivity contribution in [2.24, 2.45) is 0 Å². The quantitative estimate of drug-likeness (QED) is 0.420. The zero-order valence-electron chi connectivity index (χ0n) is 12.4. The highest BCUT2D eigenvalue weighted by atomic mass is 32.3. The van der Waals surface area contributed by atoms with E-state index in [1.54, 1.807) is 12.3 Å². The minimum Gasteiger partial charge on any atom is -0.360 e. The standard InChI is InChI=1S/C14H12N2O6S2/c1-23-12-9-13(17)16(14(12)18)10-4-2-5-11(8-10)22-24(19,20)21-7-3-6-15/h2-5,7-8,12H,9H2,1H3/b7-3+. The Hall–Kier alpha value is -2.51. The number of nitrogens with zero attached hydrogens (tertiary/aromatic N) is 2. The van der Waals surface area contributed by atoms with Crippen LogP contribution in [0.25, 0.3) is 0 Å². The first-order valence-corrected chi connectivity index (χ1v) is 9.17. The first kappa shape index (κ1) is 17.8. The van der Waals surface area contributed by atoms with Crippen molar-refractivity contribution >= 4 is 39.7 Å². The zero-order valence-corrected chi connectivity index (χ0v) is 14.0. The van der Waals surface area contributed by atoms with Gasteiger partial charge in [0.2, 0.25) is 11.8 Å². The van der Waals surface area contributed by atoms with Crippen molar-refractivity contribution in [2.75, 3.05) is 11.2 Å². The summed E-state index contributed by atoms with van der Waals surface area (Å²) in [6, 6.07) is 7.07. The second-order valence-electron chi connectivity index (χ2n) is 4.51. The summed E-state index contributed by atoms with van der Waals surface area (Å²) >= 11 is 1.27. The van der Waals surface area contributed by atoms with Crippen LogP contribution in [0.5, 0.6) is 5.75 Å². The normalized spacial score (nSPS) is 18.0. The third kappa shape index (κ3) is 4.06. The maximum Gasteiger partial charge on any atom is 0.500 e. The fourth-order valence-corrected chi connectivity index (χ4v) is 3.18. The van der Waals surface area contributed by atoms with Gasteiger partial charge in [0.15, 0.2) is 0 Å². The molecule has 0 N–H and O–H groups in total. The number of amides is 2. The summed E-state index contributed by atoms with van der Waals surface area (Å²) in [5, 5.41) is 7.82. The number of rotatable bonds is 6. The molecule has 1 aliphatic heterocycles. The Balaban J connectivity index is 2.21. The number of thioether (sulfide) groups is 1. The van der Waals surface area contributed by atoms with Gasteiger partial charge in [-0.05, 0) is 18.4 Å². The molecular formula is C14H12N2O6S2. The molecule has 1 unspecified atom stereocenters. The van der Waals surface area contributed by atoms with Crippen LogP contribution in [0, 0.1) is 11.3 Å². The lowest BCUT2D eigenvalue weighted by molar-refractivity contribution is -0.121. The number of carbonyl (C=O) groups excluding carboxylic acids is 2. The molecule has 8 nitrogen and oxygen atoms in total. The van der Waals surface area contributed by atoms with E-state index in [0.29, 0.717) is 6.26 Å². The van der Waals surface area contributed by atoms with Crippen LogP contribution < -0.4 is 9.08 Å². The lowest BCUT2D eigenvalue weighted by Gasteiger charge is -2.15. The monoisotopic (exact) mass is 368 g/mol. The number of imide groups is 1. The molecular weight excluding hydrogens is 356 g/mol. The third-order valence-electron chi connectivity index (χ3n) is 2.98. The van der Waals surface area contributed by atoms with Crippen molar-refractivity contribution in [3.63, 3.8) is 0 Å². The van der Waals surface area contributed by atoms with Gasteiger partial charge in [0.05, 0.1) is 23.1 Å². The minimum absolute atomic E-state index is 0.0887. The van der Waals surface area contributed by atoms with Crippen LogP contribution in [-0.4, -0.2) is 31.7 Å². The highest BCUT2D eigenvalue weighted by Gasteiger charge is 2.39. The minimum atomic E-state index is -4.42. The number of benzene rings is 1. The van der Waals surface area contributed by atoms with Gasteiger partial charge >= 0.3 is 10.4 Å². The van der Waals surface area contributed by atoms with Crippen LogP contribution in [0.2, 0.25) is 0 Å². The van der Waals surface area contributed by atoms with Crippen LogP contribution >= 0.6 is 11.8 Å². The summed E-state index contributed by atoms with van der Waals surface area (Å²) in [7, 11) is -4.42. The summed E-state index contributed by atoms with van der Waals surface area (Å²) in [6.45, 7) is 0. The predicted octanol–water partition coefficient (Wildman–Crippen LogP) is 1.36. The van der Waals surface area contributed by atoms with E-state index in [0.717, 1.165) is 11.0 Å². The molecule has 0 spiro atoms. The van der Waals surface area contributed by atoms with Gasteiger partial charge in [-0.2, -0.15) is 17.0 Å². The summed E-state index contributed by atoms with van der Waals surface area (Å²) in [4.78, 5) is 25.2. The molecule has 24 heavy (non-hydrogen) atoms. The van der Waals surface area contributed by atoms with Gasteiger partial charge in [-0.25, -0.2) is 4.90 Å². The Kier molecular flexibility index (Phi) is 5.48. The Labute approximate surface area is 143 Å². The van der Waals surface area contributed by atoms with E-state index in [2.05, 4.69) is 4.18 Å². The second kappa shape index (κ2) is 7.37. The average molecular weight is 368 g/mol. The fourth-order valence-electron chi connectivity index (χ4n) is 2.00. The molecule has 1 saturated heterocycles. The van der Waals surface area contributed by atoms with E-state index in [-0.39, 0.29) is 29.7 Å². The summed E-state index contributed by atoms with van der Waals surface area (Å²) < 4.78 is 32.2. The Morgan fingerprint density at radius 2 is 2.17 bits per heavy atom. The predicted molar refractivity (Wildman–Crippen MR) is 86.2 cm³/mol. The average Bonchev–Trinajstić information content (AvgIpc) is 2.81. The molecule has 0 saturated carbocycles. The molecule has 1 aliphatic rings. The summed E-state index contributed by atoms with van der Waals surface area (Å²) in [6.07, 6.45) is 3.31. The molecule has 0 aromatic heterocycles. The number of allylic oxidation sites excluding steroid dienone is 1. The molecule has 1 atom stereocenters. The topological polar surface area (TPSA) is 114 Å². The number of hydrogen-bond donors (Lipinski definition) is 0. The Morgan fingerprint density at radius 3 is 2.79 bits per heavy atom. The number of nitriles is 1. The lowest BCUT2D eigenvalue weighted by atomic mass is 10.3. The van der Waals surface area contributed by atoms with Crippen LogP contribution in [0.15, 0.2) is 36.6 Å². The van der Waals surface area contributed by atoms with Crippen molar-refractivity contribution in [1.29, 1.82) is 5.26 Å². The second-order valence-corrected chi connectivity index (χ2v) is 6.73. The van der Waals surface area contributed by atoms with Gasteiger partial charge in [0, 0.05) is 12.5 Å². The van der Waals surface area contributed by atoms with E-state index in [1.807, 2.05) is 0 Å². The smallest absolute Gasteiger partial charge is 0.360 e. The number of carbonyl (C=O) groups is 2. The molecule has 0 bridgehead atoms. The van der Waals surface area contributed by atoms with Gasteiger partial charge in [-0.15, -0.1) is 8.42 Å². The van der Waals surface area contributed by atoms with Gasteiger partial charge < -0.3 is 8.37 Å². The van der Waals surface area contributed by atoms with Crippen molar-refractivity contribution in [2.45, 2.75) is 11.7 Å². The van der Waals surface area contributed by atoms with Crippen LogP contribution in [0.1, 0.15) is 6.42 Å². The largest absolute Gasteiger partial charge is 0.500 e. The third-order valence-corrected chi connectivity index (χ3v) is 4.66. The van der Waals surface area contributed by atoms with E-state index < -0.39 is 15.6 Å². The molecule has 1 fully saturated rings. The Morgan fingerprint density at radius 1 is 1.42 bits per heavy atom. The molecule has 0 radical (unpaired) electrons. The van der Waals surface area contributed by atoms with Crippen LogP contribution in [0.3, 0.4) is 0 Å². The highest BCUT2D eigenvalue weighted by Crippen LogP contribution is 2.30. The van der Waals surface area contributed by atoms with E-state index in [9.17, 15) is 18.0 Å². The van der Waals surface area contributed by atoms with Gasteiger partial charge in [-0.3, -0.25) is 9.59 Å². The first-order valence-electron chi connectivity index (χ1n) is 6.55.